The maximum absolute atomic E-state index is 5.92. The smallest absolute Gasteiger partial charge is 0.252 e. The molecule has 0 fully saturated rings. The Kier molecular flexibility index (Phi) is 10.3. The van der Waals surface area contributed by atoms with Crippen LogP contribution in [0.5, 0.6) is 0 Å². The molecule has 12 aromatic carbocycles. The zero-order chi connectivity index (χ0) is 56.8. The van der Waals surface area contributed by atoms with Crippen LogP contribution in [0.25, 0.3) is 34.2 Å². The van der Waals surface area contributed by atoms with Crippen molar-refractivity contribution in [1.82, 2.24) is 15.0 Å². The Hall–Kier alpha value is -11.4. The van der Waals surface area contributed by atoms with Crippen molar-refractivity contribution >= 4 is 155 Å². The summed E-state index contributed by atoms with van der Waals surface area (Å²) in [5, 5.41) is 11.5. The van der Waals surface area contributed by atoms with Gasteiger partial charge in [0.05, 0.1) is 17.1 Å². The second-order valence-corrected chi connectivity index (χ2v) is 23.2. The molecule has 19 rings (SSSR count). The topological polar surface area (TPSA) is 84.5 Å². The van der Waals surface area contributed by atoms with Gasteiger partial charge >= 0.3 is 0 Å². The third kappa shape index (κ3) is 6.98. The largest absolute Gasteiger partial charge is 0.356 e. The molecule has 0 radical (unpaired) electrons. The van der Waals surface area contributed by atoms with E-state index in [1.54, 1.807) is 0 Å². The van der Waals surface area contributed by atoms with Gasteiger partial charge in [-0.2, -0.15) is 0 Å². The average Bonchev–Trinajstić information content (AvgIpc) is 0.857. The summed E-state index contributed by atoms with van der Waals surface area (Å²) in [5.74, 6) is 1.70. The highest BCUT2D eigenvalue weighted by atomic mass is 15.2. The quantitative estimate of drug-likeness (QED) is 0.141. The molecule has 1 aromatic heterocycles. The number of hydrogen-bond donors (Lipinski definition) is 3. The summed E-state index contributed by atoms with van der Waals surface area (Å²) < 4.78 is 0. The summed E-state index contributed by atoms with van der Waals surface area (Å²) in [6.07, 6.45) is 0. The van der Waals surface area contributed by atoms with Gasteiger partial charge in [0.15, 0.2) is 17.5 Å². The minimum absolute atomic E-state index is 0.0823. The Morgan fingerprint density at radius 2 is 0.483 bits per heavy atom. The van der Waals surface area contributed by atoms with Crippen LogP contribution in [0.3, 0.4) is 0 Å². The van der Waals surface area contributed by atoms with Crippen LogP contribution in [0, 0.1) is 0 Å². The molecule has 0 unspecified atom stereocenters. The normalized spacial score (nSPS) is 13.7. The maximum Gasteiger partial charge on any atom is 0.252 e. The lowest BCUT2D eigenvalue weighted by atomic mass is 9.33. The minimum atomic E-state index is -0.0823. The number of nitrogens with zero attached hydrogens (tertiary/aromatic N) is 6. The van der Waals surface area contributed by atoms with Gasteiger partial charge in [0.1, 0.15) is 0 Å². The fraction of sp³-hybridized carbons (Fsp3) is 0. The summed E-state index contributed by atoms with van der Waals surface area (Å²) in [7, 11) is 0. The number of nitrogens with one attached hydrogen (secondary N) is 3. The Morgan fingerprint density at radius 1 is 0.230 bits per heavy atom. The Bertz CT molecular complexity index is 4530. The predicted molar refractivity (Wildman–Crippen MR) is 363 cm³/mol. The van der Waals surface area contributed by atoms with E-state index in [2.05, 4.69) is 304 Å². The van der Waals surface area contributed by atoms with Crippen LogP contribution < -0.4 is 79.8 Å². The monoisotopic (exact) mass is 1110 g/mol. The first kappa shape index (κ1) is 48.1. The molecule has 6 aliphatic heterocycles. The zero-order valence-corrected chi connectivity index (χ0v) is 46.9. The number of rotatable bonds is 6. The first-order valence-corrected chi connectivity index (χ1v) is 29.9. The molecule has 0 bridgehead atoms. The molecule has 0 saturated heterocycles. The molecule has 0 atom stereocenters. The van der Waals surface area contributed by atoms with Crippen molar-refractivity contribution in [1.29, 1.82) is 0 Å². The van der Waals surface area contributed by atoms with Gasteiger partial charge in [0.2, 0.25) is 0 Å². The molecule has 7 heterocycles. The summed E-state index contributed by atoms with van der Waals surface area (Å²) in [4.78, 5) is 25.1. The number of fused-ring (bicyclic) bond motifs is 12. The molecule has 6 aliphatic rings. The molecule has 87 heavy (non-hydrogen) atoms. The van der Waals surface area contributed by atoms with E-state index in [1.807, 2.05) is 0 Å². The number of benzene rings is 12. The van der Waals surface area contributed by atoms with Crippen LogP contribution in [-0.4, -0.2) is 35.1 Å². The van der Waals surface area contributed by atoms with Crippen LogP contribution >= 0.6 is 0 Å². The van der Waals surface area contributed by atoms with E-state index < -0.39 is 0 Å². The van der Waals surface area contributed by atoms with Crippen LogP contribution in [0.2, 0.25) is 0 Å². The van der Waals surface area contributed by atoms with E-state index >= 15 is 0 Å². The van der Waals surface area contributed by atoms with Crippen molar-refractivity contribution in [2.75, 3.05) is 30.7 Å². The summed E-state index contributed by atoms with van der Waals surface area (Å²) >= 11 is 0. The lowest BCUT2D eigenvalue weighted by molar-refractivity contribution is 1.07. The highest BCUT2D eigenvalue weighted by Crippen LogP contribution is 2.49. The maximum atomic E-state index is 5.92. The van der Waals surface area contributed by atoms with Gasteiger partial charge < -0.3 is 30.7 Å². The Morgan fingerprint density at radius 3 is 0.793 bits per heavy atom. The van der Waals surface area contributed by atoms with E-state index in [1.165, 1.54) is 49.2 Å². The first-order chi connectivity index (χ1) is 43.2. The van der Waals surface area contributed by atoms with Gasteiger partial charge in [0.25, 0.3) is 20.1 Å². The Balaban J connectivity index is 0.924. The predicted octanol–water partition coefficient (Wildman–Crippen LogP) is 11.9. The first-order valence-electron chi connectivity index (χ1n) is 29.9. The van der Waals surface area contributed by atoms with Crippen LogP contribution in [0.4, 0.5) is 85.3 Å². The van der Waals surface area contributed by atoms with Crippen molar-refractivity contribution in [2.45, 2.75) is 0 Å². The van der Waals surface area contributed by atoms with Crippen LogP contribution in [0.15, 0.2) is 273 Å². The molecular formula is C75H48B3N9. The van der Waals surface area contributed by atoms with Crippen molar-refractivity contribution in [3.63, 3.8) is 0 Å². The van der Waals surface area contributed by atoms with E-state index in [0.29, 0.717) is 17.5 Å². The molecule has 0 spiro atoms. The molecule has 0 saturated carbocycles. The number of aromatic nitrogens is 3. The average molecular weight is 1110 g/mol. The highest BCUT2D eigenvalue weighted by molar-refractivity contribution is 7.02. The second-order valence-electron chi connectivity index (χ2n) is 23.2. The molecule has 0 aliphatic carbocycles. The van der Waals surface area contributed by atoms with E-state index in [0.717, 1.165) is 102 Å². The highest BCUT2D eigenvalue weighted by Gasteiger charge is 2.46. The molecule has 9 nitrogen and oxygen atoms in total. The minimum Gasteiger partial charge on any atom is -0.356 e. The number of para-hydroxylation sites is 9. The fourth-order valence-electron chi connectivity index (χ4n) is 15.2. The van der Waals surface area contributed by atoms with E-state index in [9.17, 15) is 0 Å². The van der Waals surface area contributed by atoms with Crippen molar-refractivity contribution in [3.05, 3.63) is 273 Å². The van der Waals surface area contributed by atoms with Crippen molar-refractivity contribution < 1.29 is 0 Å². The lowest BCUT2D eigenvalue weighted by Crippen LogP contribution is -2.60. The van der Waals surface area contributed by atoms with Gasteiger partial charge in [-0.3, -0.25) is 0 Å². The summed E-state index contributed by atoms with van der Waals surface area (Å²) in [6.45, 7) is -0.247. The fourth-order valence-corrected chi connectivity index (χ4v) is 15.2. The van der Waals surface area contributed by atoms with Crippen molar-refractivity contribution in [3.8, 4) is 34.2 Å². The molecule has 3 N–H and O–H groups in total. The van der Waals surface area contributed by atoms with Gasteiger partial charge in [-0.15, -0.1) is 0 Å². The van der Waals surface area contributed by atoms with E-state index in [-0.39, 0.29) is 20.1 Å². The van der Waals surface area contributed by atoms with Gasteiger partial charge in [-0.05, 0) is 158 Å². The molecule has 402 valence electrons. The van der Waals surface area contributed by atoms with Gasteiger partial charge in [-0.1, -0.05) is 164 Å². The third-order valence-corrected chi connectivity index (χ3v) is 18.7. The zero-order valence-electron chi connectivity index (χ0n) is 46.9. The molecule has 0 amide bonds. The van der Waals surface area contributed by atoms with Crippen LogP contribution in [-0.2, 0) is 0 Å². The molecule has 12 heteroatoms. The van der Waals surface area contributed by atoms with E-state index in [4.69, 9.17) is 15.0 Å². The summed E-state index contributed by atoms with van der Waals surface area (Å²) in [5.41, 5.74) is 29.7. The third-order valence-electron chi connectivity index (χ3n) is 18.7. The Labute approximate surface area is 504 Å². The van der Waals surface area contributed by atoms with Crippen LogP contribution in [0.1, 0.15) is 0 Å². The summed E-state index contributed by atoms with van der Waals surface area (Å²) in [6, 6.07) is 98.8. The lowest BCUT2D eigenvalue weighted by Gasteiger charge is -2.42. The molecular weight excluding hydrogens is 1060 g/mol. The molecule has 13 aromatic rings. The van der Waals surface area contributed by atoms with Crippen molar-refractivity contribution in [2.24, 2.45) is 0 Å². The number of anilines is 15. The number of hydrogen-bond acceptors (Lipinski definition) is 9. The van der Waals surface area contributed by atoms with Gasteiger partial charge in [0, 0.05) is 84.9 Å². The second kappa shape index (κ2) is 18.6. The van der Waals surface area contributed by atoms with Gasteiger partial charge in [-0.25, -0.2) is 15.0 Å². The SMILES string of the molecule is c1ccc(N2c3cccc4c3B(c3ccccc3N4)c3cccc(-c4nc(-c5cccc6c5N(c5ccccc5)c5cccc7c5B6c5ccccc5N7)nc(-c5cccc6c5N(c5ccccc5)c5cccc7c5B6c5ccccc5N7)n4)c32)cc1. The standard InChI is InChI=1S/C75H48B3N9/c1-4-22-46(23-5-1)85-64-43-19-40-61-67(64)76(52-31-10-13-37-58(52)79-61)55-34-16-28-49(70(55)85)73-82-74(50-29-17-35-56-71(50)86(47-24-6-2-7-25-47)65-44-20-41-62-68(65)77(56)53-32-11-14-38-59(53)80-62)84-75(83-73)51-30-18-36-57-72(51)87(48-26-8-3-9-27-48)66-45-21-42-63-69(66)78(57)54-33-12-15-39-60(54)81-63/h1-45,79-81H.